The Kier molecular flexibility index (Phi) is 7.21. The van der Waals surface area contributed by atoms with E-state index in [0.29, 0.717) is 0 Å². The highest BCUT2D eigenvalue weighted by Crippen LogP contribution is 2.34. The molecule has 3 rings (SSSR count). The number of nitrogens with one attached hydrogen (secondary N) is 2. The van der Waals surface area contributed by atoms with Gasteiger partial charge in [0.1, 0.15) is 0 Å². The van der Waals surface area contributed by atoms with E-state index in [1.165, 1.54) is 10.5 Å². The molecule has 2 aliphatic rings. The van der Waals surface area contributed by atoms with Gasteiger partial charge in [0.2, 0.25) is 5.91 Å². The van der Waals surface area contributed by atoms with Gasteiger partial charge >= 0.3 is 6.03 Å². The molecule has 1 aromatic rings. The molecule has 160 valence electrons. The molecule has 4 unspecified atom stereocenters. The number of hydrogen-bond donors (Lipinski definition) is 2. The number of nitrogens with zero attached hydrogens (tertiary/aromatic N) is 3. The normalized spacial score (nSPS) is 27.5. The number of amides is 3. The molecule has 2 saturated heterocycles. The van der Waals surface area contributed by atoms with Crippen molar-refractivity contribution in [1.82, 2.24) is 25.3 Å². The van der Waals surface area contributed by atoms with Crippen LogP contribution in [0.3, 0.4) is 0 Å². The van der Waals surface area contributed by atoms with Crippen LogP contribution in [0.1, 0.15) is 31.1 Å². The van der Waals surface area contributed by atoms with Crippen LogP contribution < -0.4 is 10.6 Å². The van der Waals surface area contributed by atoms with Crippen LogP contribution in [0.25, 0.3) is 0 Å². The lowest BCUT2D eigenvalue weighted by Gasteiger charge is -2.50. The molecule has 29 heavy (non-hydrogen) atoms. The number of aryl methyl sites for hydroxylation is 1. The highest BCUT2D eigenvalue weighted by Gasteiger charge is 2.50. The van der Waals surface area contributed by atoms with Gasteiger partial charge in [0.05, 0.1) is 23.6 Å². The van der Waals surface area contributed by atoms with Crippen molar-refractivity contribution < 1.29 is 9.59 Å². The predicted molar refractivity (Wildman–Crippen MR) is 117 cm³/mol. The van der Waals surface area contributed by atoms with Crippen molar-refractivity contribution in [2.75, 3.05) is 39.5 Å². The molecule has 8 heteroatoms. The zero-order valence-electron chi connectivity index (χ0n) is 18.0. The Morgan fingerprint density at radius 1 is 1.07 bits per heavy atom. The minimum absolute atomic E-state index is 0.0754. The van der Waals surface area contributed by atoms with Crippen molar-refractivity contribution in [3.8, 4) is 0 Å². The van der Waals surface area contributed by atoms with Gasteiger partial charge in [0.15, 0.2) is 0 Å². The summed E-state index contributed by atoms with van der Waals surface area (Å²) in [6, 6.07) is 8.09. The van der Waals surface area contributed by atoms with Gasteiger partial charge in [0, 0.05) is 26.4 Å². The van der Waals surface area contributed by atoms with Crippen LogP contribution in [0.4, 0.5) is 4.79 Å². The summed E-state index contributed by atoms with van der Waals surface area (Å²) in [5, 5.41) is 7.05. The molecular formula is C21H33N5O2S. The Labute approximate surface area is 178 Å². The quantitative estimate of drug-likeness (QED) is 0.705. The molecule has 1 aromatic carbocycles. The van der Waals surface area contributed by atoms with E-state index in [9.17, 15) is 9.59 Å². The lowest BCUT2D eigenvalue weighted by atomic mass is 9.96. The lowest BCUT2D eigenvalue weighted by Crippen LogP contribution is -2.72. The summed E-state index contributed by atoms with van der Waals surface area (Å²) in [5.41, 5.74) is 2.31. The van der Waals surface area contributed by atoms with Gasteiger partial charge in [-0.3, -0.25) is 20.3 Å². The van der Waals surface area contributed by atoms with Crippen LogP contribution in [-0.4, -0.2) is 77.7 Å². The molecule has 2 N–H and O–H groups in total. The Morgan fingerprint density at radius 3 is 2.34 bits per heavy atom. The number of thioether (sulfide) groups is 1. The van der Waals surface area contributed by atoms with Crippen molar-refractivity contribution in [2.24, 2.45) is 5.92 Å². The van der Waals surface area contributed by atoms with E-state index in [1.54, 1.807) is 30.8 Å². The van der Waals surface area contributed by atoms with E-state index in [0.717, 1.165) is 31.0 Å². The molecule has 7 nitrogen and oxygen atoms in total. The van der Waals surface area contributed by atoms with E-state index in [-0.39, 0.29) is 35.6 Å². The maximum atomic E-state index is 13.0. The second-order valence-corrected chi connectivity index (χ2v) is 9.01. The molecule has 0 spiro atoms. The topological polar surface area (TPSA) is 67.9 Å². The Balaban J connectivity index is 1.82. The van der Waals surface area contributed by atoms with Crippen LogP contribution in [0.15, 0.2) is 24.3 Å². The average Bonchev–Trinajstić information content (AvgIpc) is 2.73. The fourth-order valence-corrected chi connectivity index (χ4v) is 5.32. The number of hydrogen-bond acceptors (Lipinski definition) is 6. The van der Waals surface area contributed by atoms with E-state index in [1.807, 2.05) is 0 Å². The summed E-state index contributed by atoms with van der Waals surface area (Å²) in [5.74, 6) is 0.476. The standard InChI is InChI=1S/C21H33N5O2S/c1-6-26(7-2)12-13-29-19-16-18(24(4)21(28)25(5)20(16)27)22-17(23-19)15-10-8-14(3)9-11-15/h8-11,16-19,22-23H,6-7,12-13H2,1-5H3. The molecular weight excluding hydrogens is 386 g/mol. The van der Waals surface area contributed by atoms with Crippen LogP contribution in [0.2, 0.25) is 0 Å². The second kappa shape index (κ2) is 9.47. The first kappa shape index (κ1) is 22.1. The fourth-order valence-electron chi connectivity index (χ4n) is 4.00. The molecule has 0 saturated carbocycles. The van der Waals surface area contributed by atoms with Gasteiger partial charge < -0.3 is 9.80 Å². The first-order chi connectivity index (χ1) is 13.9. The average molecular weight is 420 g/mol. The summed E-state index contributed by atoms with van der Waals surface area (Å²) >= 11 is 1.77. The van der Waals surface area contributed by atoms with Crippen molar-refractivity contribution in [1.29, 1.82) is 0 Å². The van der Waals surface area contributed by atoms with Gasteiger partial charge in [-0.25, -0.2) is 4.79 Å². The first-order valence-electron chi connectivity index (χ1n) is 10.3. The van der Waals surface area contributed by atoms with Crippen LogP contribution in [-0.2, 0) is 4.79 Å². The van der Waals surface area contributed by atoms with Gasteiger partial charge in [-0.2, -0.15) is 0 Å². The Bertz CT molecular complexity index is 724. The zero-order valence-corrected chi connectivity index (χ0v) is 18.8. The smallest absolute Gasteiger partial charge is 0.311 e. The molecule has 2 aliphatic heterocycles. The van der Waals surface area contributed by atoms with Crippen molar-refractivity contribution in [2.45, 2.75) is 38.5 Å². The monoisotopic (exact) mass is 419 g/mol. The van der Waals surface area contributed by atoms with Crippen LogP contribution in [0.5, 0.6) is 0 Å². The summed E-state index contributed by atoms with van der Waals surface area (Å²) < 4.78 is 0. The Morgan fingerprint density at radius 2 is 1.72 bits per heavy atom. The summed E-state index contributed by atoms with van der Waals surface area (Å²) in [6.07, 6.45) is -0.445. The van der Waals surface area contributed by atoms with Crippen molar-refractivity contribution >= 4 is 23.7 Å². The molecule has 2 heterocycles. The third-order valence-electron chi connectivity index (χ3n) is 5.97. The third-order valence-corrected chi connectivity index (χ3v) is 7.17. The number of carbonyl (C=O) groups excluding carboxylic acids is 2. The van der Waals surface area contributed by atoms with E-state index < -0.39 is 0 Å². The van der Waals surface area contributed by atoms with E-state index in [2.05, 4.69) is 60.6 Å². The number of imide groups is 1. The van der Waals surface area contributed by atoms with Crippen molar-refractivity contribution in [3.63, 3.8) is 0 Å². The number of fused-ring (bicyclic) bond motifs is 1. The van der Waals surface area contributed by atoms with Gasteiger partial charge in [-0.05, 0) is 25.6 Å². The molecule has 0 aromatic heterocycles. The summed E-state index contributed by atoms with van der Waals surface area (Å²) in [7, 11) is 3.34. The molecule has 2 fully saturated rings. The molecule has 0 bridgehead atoms. The highest BCUT2D eigenvalue weighted by atomic mass is 32.2. The van der Waals surface area contributed by atoms with E-state index >= 15 is 0 Å². The summed E-state index contributed by atoms with van der Waals surface area (Å²) in [6.45, 7) is 9.42. The van der Waals surface area contributed by atoms with Gasteiger partial charge in [-0.1, -0.05) is 43.7 Å². The molecule has 4 atom stereocenters. The van der Waals surface area contributed by atoms with Crippen LogP contribution >= 0.6 is 11.8 Å². The van der Waals surface area contributed by atoms with Gasteiger partial charge in [-0.15, -0.1) is 11.8 Å². The maximum Gasteiger partial charge on any atom is 0.327 e. The molecule has 0 aliphatic carbocycles. The minimum Gasteiger partial charge on any atom is -0.311 e. The minimum atomic E-state index is -0.329. The fraction of sp³-hybridized carbons (Fsp3) is 0.619. The summed E-state index contributed by atoms with van der Waals surface area (Å²) in [4.78, 5) is 30.8. The molecule has 0 radical (unpaired) electrons. The number of benzene rings is 1. The Hall–Kier alpha value is -1.61. The lowest BCUT2D eigenvalue weighted by molar-refractivity contribution is -0.140. The SMILES string of the molecule is CCN(CC)CCSC1NC(c2ccc(C)cc2)NC2C1C(=O)N(C)C(=O)N2C. The highest BCUT2D eigenvalue weighted by molar-refractivity contribution is 7.99. The third kappa shape index (κ3) is 4.60. The van der Waals surface area contributed by atoms with Crippen LogP contribution in [0, 0.1) is 12.8 Å². The zero-order chi connectivity index (χ0) is 21.1. The van der Waals surface area contributed by atoms with Crippen molar-refractivity contribution in [3.05, 3.63) is 35.4 Å². The van der Waals surface area contributed by atoms with E-state index in [4.69, 9.17) is 0 Å². The maximum absolute atomic E-state index is 13.0. The largest absolute Gasteiger partial charge is 0.327 e. The first-order valence-corrected chi connectivity index (χ1v) is 11.4. The molecule has 3 amide bonds. The number of urea groups is 1. The number of rotatable bonds is 7. The number of carbonyl (C=O) groups is 2. The predicted octanol–water partition coefficient (Wildman–Crippen LogP) is 2.05. The second-order valence-electron chi connectivity index (χ2n) is 7.76. The van der Waals surface area contributed by atoms with Gasteiger partial charge in [0.25, 0.3) is 0 Å².